The number of unbranched alkanes of at least 4 members (excludes halogenated alkanes) is 1. The normalized spacial score (nSPS) is 10.7. The molecule has 0 unspecified atom stereocenters. The molecule has 0 aromatic heterocycles. The van der Waals surface area contributed by atoms with E-state index < -0.39 is 5.84 Å². The lowest BCUT2D eigenvalue weighted by molar-refractivity contribution is -0.116. The van der Waals surface area contributed by atoms with Crippen LogP contribution in [-0.2, 0) is 4.79 Å². The number of nitrogens with zero attached hydrogens (tertiary/aromatic N) is 2. The van der Waals surface area contributed by atoms with Crippen molar-refractivity contribution < 1.29 is 4.79 Å². The Morgan fingerprint density at radius 1 is 1.55 bits per heavy atom. The smallest absolute Gasteiger partial charge is 0.224 e. The number of amidine groups is 1. The van der Waals surface area contributed by atoms with E-state index in [0.29, 0.717) is 22.8 Å². The van der Waals surface area contributed by atoms with Gasteiger partial charge in [-0.1, -0.05) is 24.9 Å². The van der Waals surface area contributed by atoms with Crippen molar-refractivity contribution in [1.82, 2.24) is 0 Å². The molecule has 0 aliphatic heterocycles. The van der Waals surface area contributed by atoms with E-state index in [-0.39, 0.29) is 11.6 Å². The highest BCUT2D eigenvalue weighted by atomic mass is 35.5. The van der Waals surface area contributed by atoms with Crippen molar-refractivity contribution in [3.63, 3.8) is 0 Å². The van der Waals surface area contributed by atoms with Crippen molar-refractivity contribution in [2.75, 3.05) is 10.7 Å². The third kappa shape index (κ3) is 5.42. The number of nitrogens with one attached hydrogen (secondary N) is 3. The van der Waals surface area contributed by atoms with E-state index in [9.17, 15) is 4.79 Å². The number of nitriles is 1. The van der Waals surface area contributed by atoms with Gasteiger partial charge in [-0.2, -0.15) is 10.4 Å². The lowest BCUT2D eigenvalue weighted by atomic mass is 10.2. The minimum absolute atomic E-state index is 0.0918. The van der Waals surface area contributed by atoms with Gasteiger partial charge in [0.1, 0.15) is 6.07 Å². The molecule has 1 aromatic rings. The fourth-order valence-corrected chi connectivity index (χ4v) is 1.73. The second-order valence-electron chi connectivity index (χ2n) is 4.44. The Labute approximate surface area is 133 Å². The minimum Gasteiger partial charge on any atom is -0.382 e. The average Bonchev–Trinajstić information content (AvgIpc) is 2.48. The van der Waals surface area contributed by atoms with Gasteiger partial charge in [-0.25, -0.2) is 0 Å². The first-order valence-electron chi connectivity index (χ1n) is 6.65. The summed E-state index contributed by atoms with van der Waals surface area (Å²) in [7, 11) is 0. The Balaban J connectivity index is 2.76. The zero-order valence-corrected chi connectivity index (χ0v) is 12.9. The summed E-state index contributed by atoms with van der Waals surface area (Å²) in [6.07, 6.45) is 2.21. The number of nitrogens with two attached hydrogens (primary N) is 1. The van der Waals surface area contributed by atoms with Crippen LogP contribution in [0.2, 0.25) is 5.02 Å². The number of carbonyl (C=O) groups is 1. The Morgan fingerprint density at radius 2 is 2.27 bits per heavy atom. The van der Waals surface area contributed by atoms with Crippen molar-refractivity contribution >= 4 is 40.4 Å². The molecule has 0 saturated carbocycles. The van der Waals surface area contributed by atoms with Crippen LogP contribution in [-0.4, -0.2) is 17.5 Å². The summed E-state index contributed by atoms with van der Waals surface area (Å²) in [4.78, 5) is 11.7. The van der Waals surface area contributed by atoms with E-state index in [4.69, 9.17) is 28.0 Å². The van der Waals surface area contributed by atoms with Gasteiger partial charge in [-0.3, -0.25) is 15.6 Å². The molecule has 22 heavy (non-hydrogen) atoms. The van der Waals surface area contributed by atoms with Crippen molar-refractivity contribution in [3.8, 4) is 6.07 Å². The van der Waals surface area contributed by atoms with Gasteiger partial charge < -0.3 is 11.1 Å². The molecule has 1 amide bonds. The third-order valence-electron chi connectivity index (χ3n) is 2.66. The van der Waals surface area contributed by atoms with E-state index in [1.807, 2.05) is 6.92 Å². The fourth-order valence-electron chi connectivity index (χ4n) is 1.50. The second-order valence-corrected chi connectivity index (χ2v) is 4.85. The van der Waals surface area contributed by atoms with E-state index in [2.05, 4.69) is 15.8 Å². The van der Waals surface area contributed by atoms with Crippen LogP contribution >= 0.6 is 11.6 Å². The maximum atomic E-state index is 11.7. The van der Waals surface area contributed by atoms with E-state index >= 15 is 0 Å². The maximum Gasteiger partial charge on any atom is 0.224 e. The largest absolute Gasteiger partial charge is 0.382 e. The molecule has 7 nitrogen and oxygen atoms in total. The number of hydrazone groups is 1. The summed E-state index contributed by atoms with van der Waals surface area (Å²) in [6.45, 7) is 2.01. The second kappa shape index (κ2) is 8.64. The molecule has 0 bridgehead atoms. The molecule has 116 valence electrons. The van der Waals surface area contributed by atoms with Crippen LogP contribution in [0.3, 0.4) is 0 Å². The van der Waals surface area contributed by atoms with Crippen LogP contribution < -0.4 is 16.5 Å². The van der Waals surface area contributed by atoms with Crippen molar-refractivity contribution in [2.45, 2.75) is 26.2 Å². The topological polar surface area (TPSA) is 127 Å². The van der Waals surface area contributed by atoms with Gasteiger partial charge in [-0.05, 0) is 24.6 Å². The summed E-state index contributed by atoms with van der Waals surface area (Å²) in [6, 6.07) is 6.51. The van der Waals surface area contributed by atoms with Crippen LogP contribution in [0.1, 0.15) is 26.2 Å². The summed E-state index contributed by atoms with van der Waals surface area (Å²) in [5.41, 5.74) is 8.54. The molecular formula is C14H17ClN6O. The zero-order chi connectivity index (χ0) is 16.5. The third-order valence-corrected chi connectivity index (χ3v) is 2.97. The van der Waals surface area contributed by atoms with Crippen LogP contribution in [0.5, 0.6) is 0 Å². The number of hydrogen-bond donors (Lipinski definition) is 4. The molecule has 5 N–H and O–H groups in total. The average molecular weight is 321 g/mol. The van der Waals surface area contributed by atoms with Gasteiger partial charge >= 0.3 is 0 Å². The summed E-state index contributed by atoms with van der Waals surface area (Å²) in [5.74, 6) is -0.522. The lowest BCUT2D eigenvalue weighted by Gasteiger charge is -2.09. The number of halogens is 1. The quantitative estimate of drug-likeness (QED) is 0.350. The van der Waals surface area contributed by atoms with Crippen LogP contribution in [0, 0.1) is 16.7 Å². The van der Waals surface area contributed by atoms with Crippen molar-refractivity contribution in [2.24, 2.45) is 10.8 Å². The van der Waals surface area contributed by atoms with Crippen LogP contribution in [0.15, 0.2) is 23.3 Å². The van der Waals surface area contributed by atoms with E-state index in [1.54, 1.807) is 24.3 Å². The van der Waals surface area contributed by atoms with Gasteiger partial charge in [0.2, 0.25) is 11.6 Å². The first-order chi connectivity index (χ1) is 10.5. The maximum absolute atomic E-state index is 11.7. The molecule has 0 saturated heterocycles. The van der Waals surface area contributed by atoms with Crippen molar-refractivity contribution in [3.05, 3.63) is 23.2 Å². The van der Waals surface area contributed by atoms with Crippen LogP contribution in [0.4, 0.5) is 11.4 Å². The lowest BCUT2D eigenvalue weighted by Crippen LogP contribution is -2.21. The van der Waals surface area contributed by atoms with Gasteiger partial charge in [0.15, 0.2) is 5.84 Å². The first-order valence-corrected chi connectivity index (χ1v) is 7.03. The molecule has 0 aliphatic carbocycles. The number of anilines is 2. The molecule has 8 heteroatoms. The highest BCUT2D eigenvalue weighted by Crippen LogP contribution is 2.25. The van der Waals surface area contributed by atoms with Crippen LogP contribution in [0.25, 0.3) is 0 Å². The molecular weight excluding hydrogens is 304 g/mol. The summed E-state index contributed by atoms with van der Waals surface area (Å²) >= 11 is 6.08. The number of rotatable bonds is 7. The van der Waals surface area contributed by atoms with E-state index in [0.717, 1.165) is 12.8 Å². The number of benzene rings is 1. The Morgan fingerprint density at radius 3 is 2.82 bits per heavy atom. The molecule has 0 heterocycles. The summed E-state index contributed by atoms with van der Waals surface area (Å²) < 4.78 is 0. The van der Waals surface area contributed by atoms with E-state index in [1.165, 1.54) is 0 Å². The molecule has 0 fully saturated rings. The molecule has 0 spiro atoms. The Hall–Kier alpha value is -2.59. The minimum atomic E-state index is -0.430. The molecule has 0 radical (unpaired) electrons. The Bertz CT molecular complexity index is 635. The zero-order valence-electron chi connectivity index (χ0n) is 12.1. The fraction of sp³-hybridized carbons (Fsp3) is 0.286. The van der Waals surface area contributed by atoms with Gasteiger partial charge in [-0.15, -0.1) is 0 Å². The Kier molecular flexibility index (Phi) is 6.86. The first kappa shape index (κ1) is 17.5. The number of carbonyl (C=O) groups excluding carboxylic acids is 1. The SMILES string of the molecule is CCCCC(=O)Nc1ccc(N/N=C(\C#N)C(=N)N)cc1Cl. The molecule has 1 rings (SSSR count). The highest BCUT2D eigenvalue weighted by Gasteiger charge is 2.07. The highest BCUT2D eigenvalue weighted by molar-refractivity contribution is 6.45. The summed E-state index contributed by atoms with van der Waals surface area (Å²) in [5, 5.41) is 22.6. The van der Waals surface area contributed by atoms with Crippen molar-refractivity contribution in [1.29, 1.82) is 10.7 Å². The monoisotopic (exact) mass is 320 g/mol. The predicted octanol–water partition coefficient (Wildman–Crippen LogP) is 2.70. The number of amides is 1. The number of hydrogen-bond acceptors (Lipinski definition) is 5. The molecule has 0 aliphatic rings. The predicted molar refractivity (Wildman–Crippen MR) is 88.2 cm³/mol. The standard InChI is InChI=1S/C14H17ClN6O/c1-2-3-4-13(22)19-11-6-5-9(7-10(11)15)20-21-12(8-16)14(17)18/h5-7,20H,2-4H2,1H3,(H3,17,18)(H,19,22)/b21-12+. The van der Waals surface area contributed by atoms with Gasteiger partial charge in [0.25, 0.3) is 0 Å². The molecule has 0 atom stereocenters. The van der Waals surface area contributed by atoms with Gasteiger partial charge in [0.05, 0.1) is 16.4 Å². The van der Waals surface area contributed by atoms with Gasteiger partial charge in [0, 0.05) is 6.42 Å². The molecule has 1 aromatic carbocycles.